The highest BCUT2D eigenvalue weighted by Gasteiger charge is 2.20. The smallest absolute Gasteiger partial charge is 0.262 e. The lowest BCUT2D eigenvalue weighted by molar-refractivity contribution is -0.118. The maximum atomic E-state index is 11.3. The van der Waals surface area contributed by atoms with Crippen molar-refractivity contribution < 1.29 is 19.1 Å². The Bertz CT molecular complexity index is 637. The Morgan fingerprint density at radius 3 is 2.89 bits per heavy atom. The molecule has 0 saturated carbocycles. The van der Waals surface area contributed by atoms with E-state index in [4.69, 9.17) is 9.15 Å². The van der Waals surface area contributed by atoms with E-state index in [-0.39, 0.29) is 12.5 Å². The lowest BCUT2D eigenvalue weighted by Gasteiger charge is -2.19. The van der Waals surface area contributed by atoms with Crippen LogP contribution >= 0.6 is 15.9 Å². The third kappa shape index (κ3) is 2.36. The second kappa shape index (κ2) is 4.71. The van der Waals surface area contributed by atoms with Crippen LogP contribution in [0, 0.1) is 0 Å². The van der Waals surface area contributed by atoms with Crippen LogP contribution in [0.5, 0.6) is 5.75 Å². The summed E-state index contributed by atoms with van der Waals surface area (Å²) >= 11 is 3.19. The first-order valence-electron chi connectivity index (χ1n) is 5.63. The summed E-state index contributed by atoms with van der Waals surface area (Å²) in [7, 11) is 0. The zero-order valence-electron chi connectivity index (χ0n) is 9.72. The van der Waals surface area contributed by atoms with E-state index in [0.29, 0.717) is 27.4 Å². The molecule has 1 aliphatic heterocycles. The number of carbonyl (C=O) groups is 1. The molecule has 2 heterocycles. The van der Waals surface area contributed by atoms with Gasteiger partial charge in [-0.2, -0.15) is 0 Å². The molecule has 98 valence electrons. The van der Waals surface area contributed by atoms with Gasteiger partial charge in [-0.25, -0.2) is 0 Å². The van der Waals surface area contributed by atoms with Crippen molar-refractivity contribution in [1.29, 1.82) is 0 Å². The molecule has 0 aliphatic carbocycles. The lowest BCUT2D eigenvalue weighted by atomic mass is 10.1. The highest BCUT2D eigenvalue weighted by atomic mass is 79.9. The first kappa shape index (κ1) is 12.3. The van der Waals surface area contributed by atoms with E-state index >= 15 is 0 Å². The van der Waals surface area contributed by atoms with Crippen molar-refractivity contribution in [2.24, 2.45) is 0 Å². The molecule has 3 rings (SSSR count). The number of nitrogens with one attached hydrogen (secondary N) is 1. The van der Waals surface area contributed by atoms with Crippen LogP contribution in [0.4, 0.5) is 5.69 Å². The highest BCUT2D eigenvalue weighted by molar-refractivity contribution is 9.10. The van der Waals surface area contributed by atoms with Gasteiger partial charge in [0, 0.05) is 0 Å². The van der Waals surface area contributed by atoms with Gasteiger partial charge in [-0.05, 0) is 45.8 Å². The van der Waals surface area contributed by atoms with E-state index in [1.54, 1.807) is 30.3 Å². The van der Waals surface area contributed by atoms with Gasteiger partial charge >= 0.3 is 0 Å². The molecule has 1 aliphatic rings. The topological polar surface area (TPSA) is 71.7 Å². The zero-order chi connectivity index (χ0) is 13.4. The number of ether oxygens (including phenoxy) is 1. The number of anilines is 1. The Balaban J connectivity index is 1.93. The standard InChI is InChI=1S/C13H10BrNO4/c14-11-4-3-10(19-11)13(17)7-1-2-9-8(5-7)15-12(16)6-18-9/h1-5,13,17H,6H2,(H,15,16). The number of fused-ring (bicyclic) bond motifs is 1. The predicted octanol–water partition coefficient (Wildman–Crippen LogP) is 2.45. The number of benzene rings is 1. The lowest BCUT2D eigenvalue weighted by Crippen LogP contribution is -2.25. The molecular formula is C13H10BrNO4. The Morgan fingerprint density at radius 2 is 2.16 bits per heavy atom. The van der Waals surface area contributed by atoms with Gasteiger partial charge in [-0.3, -0.25) is 4.79 Å². The normalized spacial score (nSPS) is 15.4. The number of carbonyl (C=O) groups excluding carboxylic acids is 1. The number of halogens is 1. The average molecular weight is 324 g/mol. The van der Waals surface area contributed by atoms with Gasteiger partial charge in [0.05, 0.1) is 5.69 Å². The summed E-state index contributed by atoms with van der Waals surface area (Å²) in [5, 5.41) is 12.9. The van der Waals surface area contributed by atoms with Crippen molar-refractivity contribution in [3.05, 3.63) is 46.3 Å². The zero-order valence-corrected chi connectivity index (χ0v) is 11.3. The molecule has 5 nitrogen and oxygen atoms in total. The quantitative estimate of drug-likeness (QED) is 0.890. The molecule has 1 aromatic heterocycles. The maximum Gasteiger partial charge on any atom is 0.262 e. The molecule has 1 amide bonds. The number of hydrogen-bond acceptors (Lipinski definition) is 4. The first-order valence-corrected chi connectivity index (χ1v) is 6.42. The number of aliphatic hydroxyl groups is 1. The summed E-state index contributed by atoms with van der Waals surface area (Å²) in [5.41, 5.74) is 1.17. The van der Waals surface area contributed by atoms with Crippen molar-refractivity contribution in [3.8, 4) is 5.75 Å². The van der Waals surface area contributed by atoms with Gasteiger partial charge in [0.15, 0.2) is 11.3 Å². The average Bonchev–Trinajstić information content (AvgIpc) is 2.83. The third-order valence-electron chi connectivity index (χ3n) is 2.82. The van der Waals surface area contributed by atoms with Crippen LogP contribution in [0.15, 0.2) is 39.4 Å². The van der Waals surface area contributed by atoms with Crippen LogP contribution in [0.25, 0.3) is 0 Å². The molecular weight excluding hydrogens is 314 g/mol. The van der Waals surface area contributed by atoms with Gasteiger partial charge < -0.3 is 19.6 Å². The Kier molecular flexibility index (Phi) is 3.04. The molecule has 6 heteroatoms. The van der Waals surface area contributed by atoms with E-state index in [0.717, 1.165) is 0 Å². The summed E-state index contributed by atoms with van der Waals surface area (Å²) in [5.74, 6) is 0.811. The molecule has 0 radical (unpaired) electrons. The van der Waals surface area contributed by atoms with Crippen LogP contribution in [-0.4, -0.2) is 17.6 Å². The second-order valence-electron chi connectivity index (χ2n) is 4.14. The van der Waals surface area contributed by atoms with Crippen molar-refractivity contribution in [3.63, 3.8) is 0 Å². The molecule has 0 bridgehead atoms. The molecule has 2 N–H and O–H groups in total. The van der Waals surface area contributed by atoms with Gasteiger partial charge in [-0.15, -0.1) is 0 Å². The molecule has 0 fully saturated rings. The summed E-state index contributed by atoms with van der Waals surface area (Å²) in [6.45, 7) is 0.0139. The van der Waals surface area contributed by atoms with Crippen LogP contribution in [0.3, 0.4) is 0 Å². The largest absolute Gasteiger partial charge is 0.482 e. The van der Waals surface area contributed by atoms with Crippen molar-refractivity contribution in [2.45, 2.75) is 6.10 Å². The monoisotopic (exact) mass is 323 g/mol. The first-order chi connectivity index (χ1) is 9.13. The molecule has 0 saturated heterocycles. The summed E-state index contributed by atoms with van der Waals surface area (Å²) in [6, 6.07) is 8.52. The third-order valence-corrected chi connectivity index (χ3v) is 3.24. The molecule has 0 spiro atoms. The van der Waals surface area contributed by atoms with Crippen LogP contribution in [-0.2, 0) is 4.79 Å². The predicted molar refractivity (Wildman–Crippen MR) is 71.0 cm³/mol. The van der Waals surface area contributed by atoms with Crippen LogP contribution in [0.2, 0.25) is 0 Å². The van der Waals surface area contributed by atoms with Crippen LogP contribution < -0.4 is 10.1 Å². The van der Waals surface area contributed by atoms with Crippen molar-refractivity contribution in [2.75, 3.05) is 11.9 Å². The molecule has 1 aromatic carbocycles. The Morgan fingerprint density at radius 1 is 1.32 bits per heavy atom. The number of furan rings is 1. The van der Waals surface area contributed by atoms with Gasteiger partial charge in [0.25, 0.3) is 5.91 Å². The molecule has 19 heavy (non-hydrogen) atoms. The highest BCUT2D eigenvalue weighted by Crippen LogP contribution is 2.33. The van der Waals surface area contributed by atoms with E-state index in [2.05, 4.69) is 21.2 Å². The summed E-state index contributed by atoms with van der Waals surface area (Å²) < 4.78 is 11.1. The van der Waals surface area contributed by atoms with E-state index in [9.17, 15) is 9.90 Å². The van der Waals surface area contributed by atoms with E-state index in [1.807, 2.05) is 0 Å². The molecule has 2 aromatic rings. The SMILES string of the molecule is O=C1COc2ccc(C(O)c3ccc(Br)o3)cc2N1. The fourth-order valence-corrected chi connectivity index (χ4v) is 2.23. The summed E-state index contributed by atoms with van der Waals surface area (Å²) in [6.07, 6.45) is -0.893. The minimum atomic E-state index is -0.893. The van der Waals surface area contributed by atoms with Gasteiger partial charge in [-0.1, -0.05) is 6.07 Å². The van der Waals surface area contributed by atoms with E-state index in [1.165, 1.54) is 0 Å². The minimum Gasteiger partial charge on any atom is -0.482 e. The number of amides is 1. The number of hydrogen-bond donors (Lipinski definition) is 2. The second-order valence-corrected chi connectivity index (χ2v) is 4.92. The maximum absolute atomic E-state index is 11.3. The van der Waals surface area contributed by atoms with Crippen LogP contribution in [0.1, 0.15) is 17.4 Å². The minimum absolute atomic E-state index is 0.0139. The fourth-order valence-electron chi connectivity index (χ4n) is 1.91. The van der Waals surface area contributed by atoms with Gasteiger partial charge in [0.1, 0.15) is 17.6 Å². The number of rotatable bonds is 2. The molecule has 1 atom stereocenters. The van der Waals surface area contributed by atoms with E-state index < -0.39 is 6.10 Å². The van der Waals surface area contributed by atoms with Crippen molar-refractivity contribution in [1.82, 2.24) is 0 Å². The fraction of sp³-hybridized carbons (Fsp3) is 0.154. The summed E-state index contributed by atoms with van der Waals surface area (Å²) in [4.78, 5) is 11.3. The number of aliphatic hydroxyl groups excluding tert-OH is 1. The van der Waals surface area contributed by atoms with Crippen molar-refractivity contribution >= 4 is 27.5 Å². The Labute approximate surface area is 117 Å². The molecule has 1 unspecified atom stereocenters. The Hall–Kier alpha value is -1.79. The van der Waals surface area contributed by atoms with Gasteiger partial charge in [0.2, 0.25) is 0 Å².